The fraction of sp³-hybridized carbons (Fsp3) is 0.167. The highest BCUT2D eigenvalue weighted by Crippen LogP contribution is 2.39. The summed E-state index contributed by atoms with van der Waals surface area (Å²) in [5.41, 5.74) is 1.10. The van der Waals surface area contributed by atoms with Gasteiger partial charge in [-0.15, -0.1) is 0 Å². The fourth-order valence-corrected chi connectivity index (χ4v) is 4.22. The SMILES string of the molecule is CC(C)c1cc(Oc2c(Br)cc(C(=O)NCC(=O)Oc3ccccc3)cc2Br)ccc1O. The first-order valence-electron chi connectivity index (χ1n) is 9.78. The van der Waals surface area contributed by atoms with Crippen LogP contribution >= 0.6 is 31.9 Å². The van der Waals surface area contributed by atoms with Gasteiger partial charge in [-0.05, 0) is 80.2 Å². The molecule has 0 saturated heterocycles. The predicted octanol–water partition coefficient (Wildman–Crippen LogP) is 6.17. The van der Waals surface area contributed by atoms with Crippen molar-refractivity contribution in [2.45, 2.75) is 19.8 Å². The van der Waals surface area contributed by atoms with Crippen LogP contribution in [0.3, 0.4) is 0 Å². The van der Waals surface area contributed by atoms with Gasteiger partial charge in [0.2, 0.25) is 0 Å². The molecule has 3 aromatic rings. The number of hydrogen-bond donors (Lipinski definition) is 2. The van der Waals surface area contributed by atoms with Crippen molar-refractivity contribution in [3.63, 3.8) is 0 Å². The zero-order valence-electron chi connectivity index (χ0n) is 17.4. The van der Waals surface area contributed by atoms with E-state index < -0.39 is 11.9 Å². The summed E-state index contributed by atoms with van der Waals surface area (Å²) in [4.78, 5) is 24.4. The van der Waals surface area contributed by atoms with Gasteiger partial charge >= 0.3 is 5.97 Å². The number of para-hydroxylation sites is 1. The van der Waals surface area contributed by atoms with E-state index in [2.05, 4.69) is 37.2 Å². The van der Waals surface area contributed by atoms with Crippen molar-refractivity contribution in [2.24, 2.45) is 0 Å². The van der Waals surface area contributed by atoms with Crippen LogP contribution in [0.2, 0.25) is 0 Å². The van der Waals surface area contributed by atoms with Crippen LogP contribution in [-0.2, 0) is 4.79 Å². The number of phenolic OH excluding ortho intramolecular Hbond substituents is 1. The highest BCUT2D eigenvalue weighted by molar-refractivity contribution is 9.11. The van der Waals surface area contributed by atoms with E-state index >= 15 is 0 Å². The first-order valence-corrected chi connectivity index (χ1v) is 11.4. The molecule has 0 unspecified atom stereocenters. The Bertz CT molecular complexity index is 1110. The molecule has 0 radical (unpaired) electrons. The Morgan fingerprint density at radius 2 is 1.62 bits per heavy atom. The molecule has 3 aromatic carbocycles. The lowest BCUT2D eigenvalue weighted by molar-refractivity contribution is -0.133. The van der Waals surface area contributed by atoms with Gasteiger partial charge in [-0.25, -0.2) is 4.79 Å². The third kappa shape index (κ3) is 6.11. The summed E-state index contributed by atoms with van der Waals surface area (Å²) in [5.74, 6) is 0.770. The van der Waals surface area contributed by atoms with Gasteiger partial charge in [-0.2, -0.15) is 0 Å². The Morgan fingerprint density at radius 3 is 2.25 bits per heavy atom. The summed E-state index contributed by atoms with van der Waals surface area (Å²) in [6.07, 6.45) is 0. The molecule has 0 saturated carbocycles. The number of esters is 1. The van der Waals surface area contributed by atoms with E-state index in [0.29, 0.717) is 31.8 Å². The van der Waals surface area contributed by atoms with Crippen molar-refractivity contribution in [1.29, 1.82) is 0 Å². The second kappa shape index (κ2) is 10.7. The number of ether oxygens (including phenoxy) is 2. The van der Waals surface area contributed by atoms with E-state index in [-0.39, 0.29) is 18.2 Å². The third-order valence-corrected chi connectivity index (χ3v) is 5.65. The topological polar surface area (TPSA) is 84.9 Å². The quantitative estimate of drug-likeness (QED) is 0.266. The molecule has 0 aliphatic carbocycles. The lowest BCUT2D eigenvalue weighted by atomic mass is 10.0. The molecule has 166 valence electrons. The zero-order valence-corrected chi connectivity index (χ0v) is 20.6. The van der Waals surface area contributed by atoms with Crippen molar-refractivity contribution in [3.05, 3.63) is 80.7 Å². The molecule has 0 bridgehead atoms. The van der Waals surface area contributed by atoms with E-state index in [4.69, 9.17) is 9.47 Å². The Labute approximate surface area is 202 Å². The average molecular weight is 563 g/mol. The van der Waals surface area contributed by atoms with Crippen LogP contribution in [0.4, 0.5) is 0 Å². The monoisotopic (exact) mass is 561 g/mol. The minimum atomic E-state index is -0.573. The molecule has 0 atom stereocenters. The number of halogens is 2. The van der Waals surface area contributed by atoms with Crippen LogP contribution in [0.25, 0.3) is 0 Å². The molecule has 32 heavy (non-hydrogen) atoms. The maximum atomic E-state index is 12.5. The summed E-state index contributed by atoms with van der Waals surface area (Å²) in [6, 6.07) is 16.9. The predicted molar refractivity (Wildman–Crippen MR) is 129 cm³/mol. The molecule has 6 nitrogen and oxygen atoms in total. The average Bonchev–Trinajstić information content (AvgIpc) is 2.76. The van der Waals surface area contributed by atoms with Crippen molar-refractivity contribution in [2.75, 3.05) is 6.54 Å². The largest absolute Gasteiger partial charge is 0.508 e. The third-order valence-electron chi connectivity index (χ3n) is 4.47. The molecule has 0 heterocycles. The van der Waals surface area contributed by atoms with Gasteiger partial charge in [0, 0.05) is 11.1 Å². The Balaban J connectivity index is 1.68. The standard InChI is InChI=1S/C24H21Br2NO5/c1-14(2)18-12-17(8-9-21(18)28)32-23-19(25)10-15(11-20(23)26)24(30)27-13-22(29)31-16-6-4-3-5-7-16/h3-12,14,28H,13H2,1-2H3,(H,27,30). The molecule has 0 aliphatic heterocycles. The first kappa shape index (κ1) is 23.8. The number of benzene rings is 3. The molecule has 1 amide bonds. The molecule has 2 N–H and O–H groups in total. The molecule has 0 spiro atoms. The number of amides is 1. The van der Waals surface area contributed by atoms with Crippen molar-refractivity contribution in [3.8, 4) is 23.0 Å². The van der Waals surface area contributed by atoms with E-state index in [0.717, 1.165) is 5.56 Å². The summed E-state index contributed by atoms with van der Waals surface area (Å²) in [6.45, 7) is 3.69. The minimum Gasteiger partial charge on any atom is -0.508 e. The Morgan fingerprint density at radius 1 is 0.969 bits per heavy atom. The molecule has 0 aliphatic rings. The van der Waals surface area contributed by atoms with Crippen LogP contribution < -0.4 is 14.8 Å². The van der Waals surface area contributed by atoms with Crippen molar-refractivity contribution < 1.29 is 24.2 Å². The zero-order chi connectivity index (χ0) is 23.3. The van der Waals surface area contributed by atoms with E-state index in [1.54, 1.807) is 54.6 Å². The summed E-state index contributed by atoms with van der Waals surface area (Å²) < 4.78 is 12.2. The van der Waals surface area contributed by atoms with Crippen LogP contribution in [0.15, 0.2) is 69.6 Å². The summed E-state index contributed by atoms with van der Waals surface area (Å²) in [7, 11) is 0. The van der Waals surface area contributed by atoms with E-state index in [1.165, 1.54) is 0 Å². The lowest BCUT2D eigenvalue weighted by Gasteiger charge is -2.14. The first-order chi connectivity index (χ1) is 15.2. The molecule has 8 heteroatoms. The number of rotatable bonds is 7. The fourth-order valence-electron chi connectivity index (χ4n) is 2.88. The Kier molecular flexibility index (Phi) is 7.93. The number of nitrogens with one attached hydrogen (secondary N) is 1. The van der Waals surface area contributed by atoms with Crippen LogP contribution in [-0.4, -0.2) is 23.5 Å². The second-order valence-electron chi connectivity index (χ2n) is 7.22. The molecule has 0 fully saturated rings. The number of hydrogen-bond acceptors (Lipinski definition) is 5. The van der Waals surface area contributed by atoms with Crippen molar-refractivity contribution >= 4 is 43.7 Å². The number of aromatic hydroxyl groups is 1. The van der Waals surface area contributed by atoms with Gasteiger partial charge in [0.1, 0.15) is 23.8 Å². The van der Waals surface area contributed by atoms with Crippen LogP contribution in [0.1, 0.15) is 35.7 Å². The normalized spacial score (nSPS) is 10.7. The summed E-state index contributed by atoms with van der Waals surface area (Å²) in [5, 5.41) is 12.5. The minimum absolute atomic E-state index is 0.130. The molecule has 0 aromatic heterocycles. The van der Waals surface area contributed by atoms with Gasteiger partial charge in [-0.3, -0.25) is 4.79 Å². The van der Waals surface area contributed by atoms with Gasteiger partial charge < -0.3 is 19.9 Å². The second-order valence-corrected chi connectivity index (χ2v) is 8.92. The van der Waals surface area contributed by atoms with Gasteiger partial charge in [0.25, 0.3) is 5.91 Å². The molecular formula is C24H21Br2NO5. The maximum absolute atomic E-state index is 12.5. The number of carbonyl (C=O) groups excluding carboxylic acids is 2. The molecule has 3 rings (SSSR count). The number of carbonyl (C=O) groups is 2. The summed E-state index contributed by atoms with van der Waals surface area (Å²) >= 11 is 6.87. The Hall–Kier alpha value is -2.84. The lowest BCUT2D eigenvalue weighted by Crippen LogP contribution is -2.31. The smallest absolute Gasteiger partial charge is 0.330 e. The van der Waals surface area contributed by atoms with Gasteiger partial charge in [0.05, 0.1) is 8.95 Å². The maximum Gasteiger partial charge on any atom is 0.330 e. The van der Waals surface area contributed by atoms with E-state index in [9.17, 15) is 14.7 Å². The van der Waals surface area contributed by atoms with E-state index in [1.807, 2.05) is 19.9 Å². The van der Waals surface area contributed by atoms with Gasteiger partial charge in [0.15, 0.2) is 5.75 Å². The molecular weight excluding hydrogens is 542 g/mol. The highest BCUT2D eigenvalue weighted by atomic mass is 79.9. The van der Waals surface area contributed by atoms with Crippen molar-refractivity contribution in [1.82, 2.24) is 5.32 Å². The highest BCUT2D eigenvalue weighted by Gasteiger charge is 2.16. The number of phenols is 1. The van der Waals surface area contributed by atoms with Crippen LogP contribution in [0, 0.1) is 0 Å². The van der Waals surface area contributed by atoms with Crippen LogP contribution in [0.5, 0.6) is 23.0 Å². The van der Waals surface area contributed by atoms with Gasteiger partial charge in [-0.1, -0.05) is 32.0 Å².